The van der Waals surface area contributed by atoms with E-state index in [-0.39, 0.29) is 24.1 Å². The van der Waals surface area contributed by atoms with Crippen LogP contribution in [0.25, 0.3) is 0 Å². The number of hydrogen-bond donors (Lipinski definition) is 0. The number of carbonyl (C=O) groups excluding carboxylic acids is 1. The van der Waals surface area contributed by atoms with Crippen LogP contribution in [0.2, 0.25) is 0 Å². The Balaban J connectivity index is 2.18. The van der Waals surface area contributed by atoms with Crippen molar-refractivity contribution in [3.8, 4) is 0 Å². The highest BCUT2D eigenvalue weighted by Crippen LogP contribution is 2.43. The third kappa shape index (κ3) is 2.67. The third-order valence-corrected chi connectivity index (χ3v) is 3.64. The molecule has 3 atom stereocenters. The van der Waals surface area contributed by atoms with E-state index in [2.05, 4.69) is 6.08 Å². The summed E-state index contributed by atoms with van der Waals surface area (Å²) in [6.07, 6.45) is 4.01. The quantitative estimate of drug-likeness (QED) is 0.560. The van der Waals surface area contributed by atoms with Gasteiger partial charge in [0.05, 0.1) is 31.5 Å². The first kappa shape index (κ1) is 14.1. The Morgan fingerprint density at radius 2 is 2.26 bits per heavy atom. The molecule has 1 aliphatic carbocycles. The van der Waals surface area contributed by atoms with Crippen molar-refractivity contribution in [2.75, 3.05) is 27.4 Å². The van der Waals surface area contributed by atoms with Crippen molar-refractivity contribution in [1.82, 2.24) is 0 Å². The molecule has 0 aromatic heterocycles. The molecule has 5 nitrogen and oxygen atoms in total. The minimum Gasteiger partial charge on any atom is -0.471 e. The molecule has 0 saturated carbocycles. The van der Waals surface area contributed by atoms with E-state index in [0.29, 0.717) is 18.8 Å². The third-order valence-electron chi connectivity index (χ3n) is 3.64. The van der Waals surface area contributed by atoms with Gasteiger partial charge in [0, 0.05) is 19.6 Å². The van der Waals surface area contributed by atoms with Gasteiger partial charge in [0.1, 0.15) is 0 Å². The smallest absolute Gasteiger partial charge is 0.337 e. The molecular formula is C14H20O5. The minimum atomic E-state index is -0.368. The van der Waals surface area contributed by atoms with Gasteiger partial charge in [-0.25, -0.2) is 4.79 Å². The van der Waals surface area contributed by atoms with Crippen molar-refractivity contribution in [3.05, 3.63) is 23.5 Å². The molecule has 1 aliphatic heterocycles. The highest BCUT2D eigenvalue weighted by atomic mass is 16.7. The van der Waals surface area contributed by atoms with Crippen molar-refractivity contribution in [3.63, 3.8) is 0 Å². The average Bonchev–Trinajstić information content (AvgIpc) is 2.87. The van der Waals surface area contributed by atoms with Gasteiger partial charge >= 0.3 is 5.97 Å². The standard InChI is InChI=1S/C14H20O5/c1-4-18-7-9-5-6-10-11(13(15)16-2)8-19-14(17-3)12(9)10/h5,8,10,12,14H,4,6-7H2,1-3H3. The number of esters is 1. The van der Waals surface area contributed by atoms with Gasteiger partial charge in [-0.2, -0.15) is 0 Å². The number of allylic oxidation sites excluding steroid dienone is 1. The van der Waals surface area contributed by atoms with Gasteiger partial charge in [-0.1, -0.05) is 6.08 Å². The predicted octanol–water partition coefficient (Wildman–Crippen LogP) is 1.65. The summed E-state index contributed by atoms with van der Waals surface area (Å²) < 4.78 is 21.1. The lowest BCUT2D eigenvalue weighted by molar-refractivity contribution is -0.146. The van der Waals surface area contributed by atoms with Gasteiger partial charge in [0.15, 0.2) is 0 Å². The van der Waals surface area contributed by atoms with Gasteiger partial charge in [0.25, 0.3) is 0 Å². The maximum absolute atomic E-state index is 11.8. The van der Waals surface area contributed by atoms with Crippen LogP contribution in [0, 0.1) is 11.8 Å². The Bertz CT molecular complexity index is 399. The van der Waals surface area contributed by atoms with Gasteiger partial charge in [-0.3, -0.25) is 0 Å². The molecule has 5 heteroatoms. The van der Waals surface area contributed by atoms with Gasteiger partial charge in [-0.15, -0.1) is 0 Å². The minimum absolute atomic E-state index is 0.0237. The van der Waals surface area contributed by atoms with E-state index in [4.69, 9.17) is 18.9 Å². The second kappa shape index (κ2) is 6.21. The lowest BCUT2D eigenvalue weighted by Crippen LogP contribution is -2.37. The summed E-state index contributed by atoms with van der Waals surface area (Å²) in [5.41, 5.74) is 1.71. The predicted molar refractivity (Wildman–Crippen MR) is 68.2 cm³/mol. The lowest BCUT2D eigenvalue weighted by Gasteiger charge is -2.34. The Morgan fingerprint density at radius 1 is 1.47 bits per heavy atom. The summed E-state index contributed by atoms with van der Waals surface area (Å²) in [7, 11) is 2.99. The fourth-order valence-corrected chi connectivity index (χ4v) is 2.71. The first-order chi connectivity index (χ1) is 9.22. The van der Waals surface area contributed by atoms with Gasteiger partial charge < -0.3 is 18.9 Å². The van der Waals surface area contributed by atoms with Gasteiger partial charge in [-0.05, 0) is 18.9 Å². The molecule has 1 heterocycles. The van der Waals surface area contributed by atoms with Crippen molar-refractivity contribution in [2.24, 2.45) is 11.8 Å². The number of fused-ring (bicyclic) bond motifs is 1. The van der Waals surface area contributed by atoms with Crippen molar-refractivity contribution in [2.45, 2.75) is 19.6 Å². The molecule has 106 valence electrons. The van der Waals surface area contributed by atoms with Crippen molar-refractivity contribution >= 4 is 5.97 Å². The molecule has 0 aromatic rings. The Kier molecular flexibility index (Phi) is 4.61. The van der Waals surface area contributed by atoms with E-state index in [0.717, 1.165) is 12.0 Å². The summed E-state index contributed by atoms with van der Waals surface area (Å²) in [5.74, 6) is -0.257. The molecule has 3 unspecified atom stereocenters. The maximum atomic E-state index is 11.8. The lowest BCUT2D eigenvalue weighted by atomic mass is 9.83. The molecular weight excluding hydrogens is 248 g/mol. The molecule has 0 saturated heterocycles. The molecule has 0 bridgehead atoms. The van der Waals surface area contributed by atoms with E-state index >= 15 is 0 Å². The molecule has 0 radical (unpaired) electrons. The van der Waals surface area contributed by atoms with Crippen molar-refractivity contribution in [1.29, 1.82) is 0 Å². The summed E-state index contributed by atoms with van der Waals surface area (Å²) in [6, 6.07) is 0. The first-order valence-electron chi connectivity index (χ1n) is 6.46. The van der Waals surface area contributed by atoms with Crippen LogP contribution >= 0.6 is 0 Å². The maximum Gasteiger partial charge on any atom is 0.337 e. The molecule has 0 fully saturated rings. The summed E-state index contributed by atoms with van der Waals surface area (Å²) in [4.78, 5) is 11.8. The van der Waals surface area contributed by atoms with Crippen LogP contribution in [0.3, 0.4) is 0 Å². The zero-order valence-corrected chi connectivity index (χ0v) is 11.5. The van der Waals surface area contributed by atoms with Crippen LogP contribution < -0.4 is 0 Å². The summed E-state index contributed by atoms with van der Waals surface area (Å²) in [6.45, 7) is 3.17. The topological polar surface area (TPSA) is 54.0 Å². The molecule has 0 N–H and O–H groups in total. The average molecular weight is 268 g/mol. The number of ether oxygens (including phenoxy) is 4. The second-order valence-electron chi connectivity index (χ2n) is 4.59. The second-order valence-corrected chi connectivity index (χ2v) is 4.59. The molecule has 2 rings (SSSR count). The van der Waals surface area contributed by atoms with Crippen LogP contribution in [0.1, 0.15) is 13.3 Å². The fraction of sp³-hybridized carbons (Fsp3) is 0.643. The Morgan fingerprint density at radius 3 is 2.89 bits per heavy atom. The van der Waals surface area contributed by atoms with Crippen LogP contribution in [0.5, 0.6) is 0 Å². The van der Waals surface area contributed by atoms with Crippen LogP contribution in [0.15, 0.2) is 23.5 Å². The Hall–Kier alpha value is -1.33. The monoisotopic (exact) mass is 268 g/mol. The van der Waals surface area contributed by atoms with Crippen LogP contribution in [0.4, 0.5) is 0 Å². The SMILES string of the molecule is CCOCC1=CCC2C(C(=O)OC)=COC(OC)C12. The normalized spacial score (nSPS) is 29.1. The molecule has 0 amide bonds. The number of rotatable bonds is 5. The molecule has 19 heavy (non-hydrogen) atoms. The van der Waals surface area contributed by atoms with Crippen molar-refractivity contribution < 1.29 is 23.7 Å². The van der Waals surface area contributed by atoms with Crippen LogP contribution in [-0.2, 0) is 23.7 Å². The van der Waals surface area contributed by atoms with E-state index in [1.807, 2.05) is 6.92 Å². The largest absolute Gasteiger partial charge is 0.471 e. The first-order valence-corrected chi connectivity index (χ1v) is 6.46. The number of methoxy groups -OCH3 is 2. The van der Waals surface area contributed by atoms with Gasteiger partial charge in [0.2, 0.25) is 6.29 Å². The number of carbonyl (C=O) groups is 1. The highest BCUT2D eigenvalue weighted by molar-refractivity contribution is 5.89. The molecule has 0 spiro atoms. The van der Waals surface area contributed by atoms with E-state index in [1.165, 1.54) is 13.4 Å². The zero-order valence-electron chi connectivity index (χ0n) is 11.5. The van der Waals surface area contributed by atoms with E-state index in [1.54, 1.807) is 7.11 Å². The summed E-state index contributed by atoms with van der Waals surface area (Å²) >= 11 is 0. The highest BCUT2D eigenvalue weighted by Gasteiger charge is 2.44. The zero-order chi connectivity index (χ0) is 13.8. The number of hydrogen-bond acceptors (Lipinski definition) is 5. The molecule has 0 aromatic carbocycles. The Labute approximate surface area is 113 Å². The van der Waals surface area contributed by atoms with E-state index < -0.39 is 0 Å². The van der Waals surface area contributed by atoms with Crippen LogP contribution in [-0.4, -0.2) is 39.7 Å². The fourth-order valence-electron chi connectivity index (χ4n) is 2.71. The van der Waals surface area contributed by atoms with E-state index in [9.17, 15) is 4.79 Å². The molecule has 2 aliphatic rings. The summed E-state index contributed by atoms with van der Waals surface area (Å²) in [5, 5.41) is 0.